The summed E-state index contributed by atoms with van der Waals surface area (Å²) in [6, 6.07) is 12.1. The molecule has 3 heterocycles. The van der Waals surface area contributed by atoms with Crippen molar-refractivity contribution in [3.05, 3.63) is 70.6 Å². The number of benzene rings is 2. The summed E-state index contributed by atoms with van der Waals surface area (Å²) in [4.78, 5) is 0.162. The van der Waals surface area contributed by atoms with E-state index in [0.29, 0.717) is 29.2 Å². The Balaban J connectivity index is 1.51. The molecule has 164 valence electrons. The van der Waals surface area contributed by atoms with Crippen molar-refractivity contribution in [1.29, 1.82) is 0 Å². The van der Waals surface area contributed by atoms with Crippen molar-refractivity contribution >= 4 is 21.6 Å². The standard InChI is InChI=1S/C21H17ClFN5O3S/c1-27-18-10-11-28(32(29,30)14-8-6-13(22)7-9-14)12-16(18)19(26-27)21-25-24-20(31-21)15-4-2-3-5-17(15)23/h2-9H,10-12H2,1H3. The van der Waals surface area contributed by atoms with E-state index in [0.717, 1.165) is 5.69 Å². The third-order valence-corrected chi connectivity index (χ3v) is 7.50. The second-order valence-corrected chi connectivity index (χ2v) is 9.71. The number of halogens is 2. The van der Waals surface area contributed by atoms with E-state index in [4.69, 9.17) is 16.0 Å². The molecule has 0 amide bonds. The average Bonchev–Trinajstić information content (AvgIpc) is 3.39. The largest absolute Gasteiger partial charge is 0.414 e. The first-order valence-electron chi connectivity index (χ1n) is 9.74. The predicted octanol–water partition coefficient (Wildman–Crippen LogP) is 3.68. The number of fused-ring (bicyclic) bond motifs is 1. The topological polar surface area (TPSA) is 94.1 Å². The SMILES string of the molecule is Cn1nc(-c2nnc(-c3ccccc3F)o2)c2c1CCN(S(=O)(=O)c1ccc(Cl)cc1)C2. The first-order chi connectivity index (χ1) is 15.3. The first kappa shape index (κ1) is 20.8. The molecule has 8 nitrogen and oxygen atoms in total. The van der Waals surface area contributed by atoms with Crippen LogP contribution in [0, 0.1) is 5.82 Å². The zero-order valence-corrected chi connectivity index (χ0v) is 18.4. The fraction of sp³-hybridized carbons (Fsp3) is 0.190. The molecule has 0 saturated carbocycles. The maximum absolute atomic E-state index is 14.1. The van der Waals surface area contributed by atoms with Crippen LogP contribution in [0.15, 0.2) is 57.8 Å². The highest BCUT2D eigenvalue weighted by Gasteiger charge is 2.33. The third-order valence-electron chi connectivity index (χ3n) is 5.39. The summed E-state index contributed by atoms with van der Waals surface area (Å²) < 4.78 is 49.2. The Labute approximate surface area is 188 Å². The molecule has 0 radical (unpaired) electrons. The van der Waals surface area contributed by atoms with E-state index in [9.17, 15) is 12.8 Å². The van der Waals surface area contributed by atoms with E-state index >= 15 is 0 Å². The van der Waals surface area contributed by atoms with Crippen LogP contribution in [0.4, 0.5) is 4.39 Å². The summed E-state index contributed by atoms with van der Waals surface area (Å²) in [7, 11) is -1.96. The van der Waals surface area contributed by atoms with Gasteiger partial charge in [-0.05, 0) is 36.4 Å². The van der Waals surface area contributed by atoms with Crippen molar-refractivity contribution < 1.29 is 17.2 Å². The number of rotatable bonds is 4. The van der Waals surface area contributed by atoms with Gasteiger partial charge in [-0.15, -0.1) is 10.2 Å². The first-order valence-corrected chi connectivity index (χ1v) is 11.6. The van der Waals surface area contributed by atoms with Gasteiger partial charge in [0, 0.05) is 42.8 Å². The van der Waals surface area contributed by atoms with Gasteiger partial charge in [-0.25, -0.2) is 12.8 Å². The molecule has 0 fully saturated rings. The Morgan fingerprint density at radius 2 is 1.78 bits per heavy atom. The Bertz CT molecular complexity index is 1420. The molecule has 32 heavy (non-hydrogen) atoms. The van der Waals surface area contributed by atoms with Gasteiger partial charge in [0.05, 0.1) is 10.5 Å². The summed E-state index contributed by atoms with van der Waals surface area (Å²) in [5.74, 6) is -0.351. The Kier molecular flexibility index (Phi) is 5.07. The van der Waals surface area contributed by atoms with Crippen LogP contribution in [-0.4, -0.2) is 39.2 Å². The van der Waals surface area contributed by atoms with Crippen molar-refractivity contribution in [2.45, 2.75) is 17.9 Å². The number of aryl methyl sites for hydroxylation is 1. The molecular formula is C21H17ClFN5O3S. The summed E-state index contributed by atoms with van der Waals surface area (Å²) in [6.07, 6.45) is 0.472. The maximum atomic E-state index is 14.1. The van der Waals surface area contributed by atoms with Crippen LogP contribution >= 0.6 is 11.6 Å². The molecule has 11 heteroatoms. The van der Waals surface area contributed by atoms with Gasteiger partial charge in [0.2, 0.25) is 10.0 Å². The maximum Gasteiger partial charge on any atom is 0.268 e. The third kappa shape index (κ3) is 3.50. The highest BCUT2D eigenvalue weighted by molar-refractivity contribution is 7.89. The molecule has 2 aromatic heterocycles. The minimum Gasteiger partial charge on any atom is -0.414 e. The minimum absolute atomic E-state index is 0.0268. The number of hydrogen-bond acceptors (Lipinski definition) is 6. The van der Waals surface area contributed by atoms with E-state index < -0.39 is 15.8 Å². The zero-order chi connectivity index (χ0) is 22.5. The van der Waals surface area contributed by atoms with Gasteiger partial charge in [-0.3, -0.25) is 4.68 Å². The normalized spacial score (nSPS) is 14.5. The lowest BCUT2D eigenvalue weighted by molar-refractivity contribution is 0.386. The molecule has 0 spiro atoms. The van der Waals surface area contributed by atoms with Gasteiger partial charge >= 0.3 is 0 Å². The van der Waals surface area contributed by atoms with Crippen molar-refractivity contribution in [2.75, 3.05) is 6.54 Å². The van der Waals surface area contributed by atoms with Gasteiger partial charge in [0.25, 0.3) is 11.8 Å². The van der Waals surface area contributed by atoms with Crippen LogP contribution in [0.3, 0.4) is 0 Å². The lowest BCUT2D eigenvalue weighted by Gasteiger charge is -2.26. The number of nitrogens with zero attached hydrogens (tertiary/aromatic N) is 5. The molecule has 2 aromatic carbocycles. The molecule has 4 aromatic rings. The summed E-state index contributed by atoms with van der Waals surface area (Å²) in [5, 5.41) is 12.9. The summed E-state index contributed by atoms with van der Waals surface area (Å²) >= 11 is 5.90. The second kappa shape index (κ2) is 7.80. The lowest BCUT2D eigenvalue weighted by Crippen LogP contribution is -2.36. The number of hydrogen-bond donors (Lipinski definition) is 0. The van der Waals surface area contributed by atoms with E-state index in [1.807, 2.05) is 0 Å². The van der Waals surface area contributed by atoms with E-state index in [1.165, 1.54) is 22.5 Å². The molecule has 1 aliphatic rings. The fourth-order valence-corrected chi connectivity index (χ4v) is 5.30. The molecule has 5 rings (SSSR count). The molecule has 0 N–H and O–H groups in total. The smallest absolute Gasteiger partial charge is 0.268 e. The zero-order valence-electron chi connectivity index (χ0n) is 16.9. The van der Waals surface area contributed by atoms with Crippen LogP contribution < -0.4 is 0 Å². The van der Waals surface area contributed by atoms with Crippen molar-refractivity contribution in [3.8, 4) is 23.0 Å². The van der Waals surface area contributed by atoms with E-state index in [2.05, 4.69) is 15.3 Å². The highest BCUT2D eigenvalue weighted by atomic mass is 35.5. The molecular weight excluding hydrogens is 457 g/mol. The van der Waals surface area contributed by atoms with Crippen LogP contribution in [0.25, 0.3) is 23.0 Å². The van der Waals surface area contributed by atoms with E-state index in [1.54, 1.807) is 42.1 Å². The van der Waals surface area contributed by atoms with Crippen molar-refractivity contribution in [1.82, 2.24) is 24.3 Å². The predicted molar refractivity (Wildman–Crippen MR) is 115 cm³/mol. The van der Waals surface area contributed by atoms with Crippen LogP contribution in [0.5, 0.6) is 0 Å². The van der Waals surface area contributed by atoms with Crippen molar-refractivity contribution in [3.63, 3.8) is 0 Å². The monoisotopic (exact) mass is 473 g/mol. The molecule has 0 aliphatic carbocycles. The molecule has 0 saturated heterocycles. The Hall–Kier alpha value is -3.08. The Morgan fingerprint density at radius 3 is 2.53 bits per heavy atom. The van der Waals surface area contributed by atoms with Gasteiger partial charge in [0.15, 0.2) is 5.69 Å². The highest BCUT2D eigenvalue weighted by Crippen LogP contribution is 2.33. The summed E-state index contributed by atoms with van der Waals surface area (Å²) in [6.45, 7) is 0.405. The molecule has 0 unspecified atom stereocenters. The molecule has 0 bridgehead atoms. The van der Waals surface area contributed by atoms with Crippen LogP contribution in [-0.2, 0) is 30.0 Å². The lowest BCUT2D eigenvalue weighted by atomic mass is 10.1. The average molecular weight is 474 g/mol. The minimum atomic E-state index is -3.73. The fourth-order valence-electron chi connectivity index (χ4n) is 3.76. The van der Waals surface area contributed by atoms with E-state index in [-0.39, 0.29) is 28.8 Å². The van der Waals surface area contributed by atoms with Gasteiger partial charge in [-0.1, -0.05) is 23.7 Å². The summed E-state index contributed by atoms with van der Waals surface area (Å²) in [5.41, 5.74) is 2.13. The molecule has 0 atom stereocenters. The molecule has 1 aliphatic heterocycles. The van der Waals surface area contributed by atoms with Crippen molar-refractivity contribution in [2.24, 2.45) is 7.05 Å². The van der Waals surface area contributed by atoms with Gasteiger partial charge in [0.1, 0.15) is 5.82 Å². The Morgan fingerprint density at radius 1 is 1.06 bits per heavy atom. The number of aromatic nitrogens is 4. The second-order valence-electron chi connectivity index (χ2n) is 7.33. The number of sulfonamides is 1. The van der Waals surface area contributed by atoms with Crippen LogP contribution in [0.2, 0.25) is 5.02 Å². The quantitative estimate of drug-likeness (QED) is 0.449. The van der Waals surface area contributed by atoms with Gasteiger partial charge in [-0.2, -0.15) is 9.40 Å². The van der Waals surface area contributed by atoms with Gasteiger partial charge < -0.3 is 4.42 Å². The van der Waals surface area contributed by atoms with Crippen LogP contribution in [0.1, 0.15) is 11.3 Å².